The second-order valence-corrected chi connectivity index (χ2v) is 7.33. The van der Waals surface area contributed by atoms with Gasteiger partial charge in [0.1, 0.15) is 0 Å². The van der Waals surface area contributed by atoms with Crippen LogP contribution in [0.25, 0.3) is 0 Å². The number of nitrogens with zero attached hydrogens (tertiary/aromatic N) is 1. The third kappa shape index (κ3) is 8.86. The third-order valence-corrected chi connectivity index (χ3v) is 5.21. The molecule has 1 atom stereocenters. The topological polar surface area (TPSA) is 61.4 Å². The van der Waals surface area contributed by atoms with Crippen LogP contribution in [0.4, 0.5) is 0 Å². The molecule has 2 N–H and O–H groups in total. The van der Waals surface area contributed by atoms with Crippen molar-refractivity contribution in [3.05, 3.63) is 0 Å². The van der Waals surface area contributed by atoms with Crippen molar-refractivity contribution in [1.82, 2.24) is 14.3 Å². The molecule has 116 valence electrons. The van der Waals surface area contributed by atoms with Crippen LogP contribution in [-0.2, 0) is 10.2 Å². The predicted molar refractivity (Wildman–Crippen MR) is 84.9 cm³/mol. The lowest BCUT2D eigenvalue weighted by atomic mass is 10.3. The Balaban J connectivity index is 4.09. The molecule has 0 aromatic carbocycles. The Kier molecular flexibility index (Phi) is 11.0. The van der Waals surface area contributed by atoms with Crippen LogP contribution in [0.2, 0.25) is 0 Å². The maximum absolute atomic E-state index is 12.1. The van der Waals surface area contributed by atoms with E-state index in [0.717, 1.165) is 38.1 Å². The zero-order valence-electron chi connectivity index (χ0n) is 12.6. The van der Waals surface area contributed by atoms with Gasteiger partial charge in [0.05, 0.1) is 0 Å². The van der Waals surface area contributed by atoms with E-state index in [1.54, 1.807) is 18.8 Å². The van der Waals surface area contributed by atoms with Crippen molar-refractivity contribution in [1.29, 1.82) is 0 Å². The van der Waals surface area contributed by atoms with Crippen molar-refractivity contribution in [2.45, 2.75) is 39.2 Å². The Morgan fingerprint density at radius 3 is 2.47 bits per heavy atom. The molecule has 0 aromatic rings. The molecule has 0 radical (unpaired) electrons. The summed E-state index contributed by atoms with van der Waals surface area (Å²) in [6.45, 7) is 6.50. The summed E-state index contributed by atoms with van der Waals surface area (Å²) >= 11 is 1.66. The second-order valence-electron chi connectivity index (χ2n) is 4.61. The number of hydrogen-bond acceptors (Lipinski definition) is 4. The van der Waals surface area contributed by atoms with Crippen LogP contribution < -0.4 is 10.0 Å². The summed E-state index contributed by atoms with van der Waals surface area (Å²) in [4.78, 5) is 0. The van der Waals surface area contributed by atoms with E-state index in [0.29, 0.717) is 6.54 Å². The predicted octanol–water partition coefficient (Wildman–Crippen LogP) is 1.28. The molecule has 1 unspecified atom stereocenters. The van der Waals surface area contributed by atoms with Crippen molar-refractivity contribution < 1.29 is 8.42 Å². The molecule has 0 aliphatic carbocycles. The van der Waals surface area contributed by atoms with E-state index in [1.807, 2.05) is 13.2 Å². The van der Waals surface area contributed by atoms with E-state index < -0.39 is 10.2 Å². The van der Waals surface area contributed by atoms with Gasteiger partial charge in [-0.3, -0.25) is 0 Å². The molecule has 0 rings (SSSR count). The van der Waals surface area contributed by atoms with E-state index in [1.165, 1.54) is 4.31 Å². The zero-order chi connectivity index (χ0) is 14.7. The zero-order valence-corrected chi connectivity index (χ0v) is 14.2. The van der Waals surface area contributed by atoms with Crippen molar-refractivity contribution >= 4 is 22.0 Å². The highest BCUT2D eigenvalue weighted by Gasteiger charge is 2.20. The minimum absolute atomic E-state index is 0.0145. The molecule has 0 aliphatic rings. The summed E-state index contributed by atoms with van der Waals surface area (Å²) in [5.74, 6) is 0.807. The molecule has 0 bridgehead atoms. The molecule has 0 heterocycles. The third-order valence-electron chi connectivity index (χ3n) is 2.84. The van der Waals surface area contributed by atoms with E-state index in [2.05, 4.69) is 17.0 Å². The lowest BCUT2D eigenvalue weighted by molar-refractivity contribution is 0.436. The fourth-order valence-electron chi connectivity index (χ4n) is 1.59. The van der Waals surface area contributed by atoms with E-state index >= 15 is 0 Å². The largest absolute Gasteiger partial charge is 0.317 e. The average Bonchev–Trinajstić information content (AvgIpc) is 2.37. The van der Waals surface area contributed by atoms with E-state index in [4.69, 9.17) is 0 Å². The van der Waals surface area contributed by atoms with Gasteiger partial charge in [0.15, 0.2) is 0 Å². The van der Waals surface area contributed by atoms with Crippen LogP contribution in [0.1, 0.15) is 33.1 Å². The average molecular weight is 312 g/mol. The molecule has 7 heteroatoms. The quantitative estimate of drug-likeness (QED) is 0.533. The Bertz CT molecular complexity index is 310. The monoisotopic (exact) mass is 311 g/mol. The van der Waals surface area contributed by atoms with Gasteiger partial charge in [0, 0.05) is 25.4 Å². The highest BCUT2D eigenvalue weighted by molar-refractivity contribution is 7.98. The fourth-order valence-corrected chi connectivity index (χ4v) is 3.63. The normalized spacial score (nSPS) is 13.9. The van der Waals surface area contributed by atoms with Gasteiger partial charge in [0.25, 0.3) is 10.2 Å². The number of thioether (sulfide) groups is 1. The van der Waals surface area contributed by atoms with Crippen LogP contribution >= 0.6 is 11.8 Å². The molecule has 0 fully saturated rings. The Hall–Kier alpha value is 0.180. The Morgan fingerprint density at radius 1 is 1.26 bits per heavy atom. The van der Waals surface area contributed by atoms with Gasteiger partial charge < -0.3 is 5.32 Å². The summed E-state index contributed by atoms with van der Waals surface area (Å²) in [5.41, 5.74) is 0. The summed E-state index contributed by atoms with van der Waals surface area (Å²) in [6, 6.07) is 0.0145. The van der Waals surface area contributed by atoms with Gasteiger partial charge in [-0.25, -0.2) is 0 Å². The molecule has 0 amide bonds. The molecule has 0 spiro atoms. The molecule has 0 saturated heterocycles. The van der Waals surface area contributed by atoms with Gasteiger partial charge in [-0.2, -0.15) is 29.2 Å². The molecule has 5 nitrogen and oxygen atoms in total. The Labute approximate surface area is 123 Å². The highest BCUT2D eigenvalue weighted by atomic mass is 32.2. The van der Waals surface area contributed by atoms with Gasteiger partial charge in [-0.05, 0) is 38.6 Å². The minimum Gasteiger partial charge on any atom is -0.317 e. The number of rotatable bonds is 12. The van der Waals surface area contributed by atoms with Crippen molar-refractivity contribution in [2.75, 3.05) is 38.7 Å². The Morgan fingerprint density at radius 2 is 1.95 bits per heavy atom. The van der Waals surface area contributed by atoms with E-state index in [9.17, 15) is 8.42 Å². The smallest absolute Gasteiger partial charge is 0.279 e. The first-order valence-electron chi connectivity index (χ1n) is 6.91. The SMILES string of the molecule is CCCNCCCN(C)S(=O)(=O)NC(CC)CSC. The first-order valence-corrected chi connectivity index (χ1v) is 9.74. The molecule has 19 heavy (non-hydrogen) atoms. The first-order chi connectivity index (χ1) is 8.97. The minimum atomic E-state index is -3.34. The van der Waals surface area contributed by atoms with Crippen molar-refractivity contribution in [3.63, 3.8) is 0 Å². The standard InChI is InChI=1S/C12H29N3O2S2/c1-5-8-13-9-7-10-15(3)19(16,17)14-12(6-2)11-18-4/h12-14H,5-11H2,1-4H3. The van der Waals surface area contributed by atoms with Gasteiger partial charge in [-0.15, -0.1) is 0 Å². The van der Waals surface area contributed by atoms with Crippen LogP contribution in [0.3, 0.4) is 0 Å². The van der Waals surface area contributed by atoms with Gasteiger partial charge >= 0.3 is 0 Å². The maximum atomic E-state index is 12.1. The van der Waals surface area contributed by atoms with Crippen LogP contribution in [-0.4, -0.2) is 57.5 Å². The maximum Gasteiger partial charge on any atom is 0.279 e. The number of hydrogen-bond donors (Lipinski definition) is 2. The molecular formula is C12H29N3O2S2. The summed E-state index contributed by atoms with van der Waals surface area (Å²) < 4.78 is 28.3. The van der Waals surface area contributed by atoms with Crippen LogP contribution in [0.15, 0.2) is 0 Å². The van der Waals surface area contributed by atoms with Gasteiger partial charge in [-0.1, -0.05) is 13.8 Å². The molecule has 0 saturated carbocycles. The van der Waals surface area contributed by atoms with E-state index in [-0.39, 0.29) is 6.04 Å². The summed E-state index contributed by atoms with van der Waals surface area (Å²) in [5, 5.41) is 3.27. The summed E-state index contributed by atoms with van der Waals surface area (Å²) in [7, 11) is -1.71. The van der Waals surface area contributed by atoms with Crippen molar-refractivity contribution in [3.8, 4) is 0 Å². The molecular weight excluding hydrogens is 282 g/mol. The van der Waals surface area contributed by atoms with Gasteiger partial charge in [0.2, 0.25) is 0 Å². The highest BCUT2D eigenvalue weighted by Crippen LogP contribution is 2.05. The number of nitrogens with one attached hydrogen (secondary N) is 2. The first kappa shape index (κ1) is 19.2. The fraction of sp³-hybridized carbons (Fsp3) is 1.00. The van der Waals surface area contributed by atoms with Crippen LogP contribution in [0.5, 0.6) is 0 Å². The van der Waals surface area contributed by atoms with Crippen molar-refractivity contribution in [2.24, 2.45) is 0 Å². The lowest BCUT2D eigenvalue weighted by Crippen LogP contribution is -2.45. The molecule has 0 aliphatic heterocycles. The van der Waals surface area contributed by atoms with Crippen LogP contribution in [0, 0.1) is 0 Å². The second kappa shape index (κ2) is 10.9. The summed E-state index contributed by atoms with van der Waals surface area (Å²) in [6.07, 6.45) is 4.73. The lowest BCUT2D eigenvalue weighted by Gasteiger charge is -2.22. The molecule has 0 aromatic heterocycles.